The average Bonchev–Trinajstić information content (AvgIpc) is 2.06. The highest BCUT2D eigenvalue weighted by Gasteiger charge is 2.15. The molecule has 0 aromatic carbocycles. The van der Waals surface area contributed by atoms with Gasteiger partial charge in [0, 0.05) is 4.91 Å². The molecule has 0 radical (unpaired) electrons. The topological polar surface area (TPSA) is 112 Å². The van der Waals surface area contributed by atoms with E-state index in [0.717, 1.165) is 0 Å². The van der Waals surface area contributed by atoms with Crippen molar-refractivity contribution in [3.05, 3.63) is 10.4 Å². The van der Waals surface area contributed by atoms with Crippen molar-refractivity contribution in [2.45, 2.75) is 6.10 Å². The fraction of sp³-hybridized carbons (Fsp3) is 0.600. The summed E-state index contributed by atoms with van der Waals surface area (Å²) in [5, 5.41) is 11.2. The molecule has 7 nitrogen and oxygen atoms in total. The fourth-order valence-corrected chi connectivity index (χ4v) is 0.466. The largest absolute Gasteiger partial charge is 0.393 e. The number of carbonyl (C=O) groups excluding carboxylic acids is 2. The van der Waals surface area contributed by atoms with Crippen molar-refractivity contribution < 1.29 is 19.4 Å². The van der Waals surface area contributed by atoms with Crippen LogP contribution < -0.4 is 0 Å². The maximum atomic E-state index is 10.7. The minimum atomic E-state index is -1.24. The molecule has 0 fully saturated rings. The van der Waals surface area contributed by atoms with E-state index in [1.807, 2.05) is 0 Å². The van der Waals surface area contributed by atoms with Crippen molar-refractivity contribution in [1.82, 2.24) is 0 Å². The van der Waals surface area contributed by atoms with Gasteiger partial charge in [-0.15, -0.1) is 0 Å². The first-order valence-electron chi connectivity index (χ1n) is 3.01. The predicted molar refractivity (Wildman–Crippen MR) is 37.0 cm³/mol. The second-order valence-electron chi connectivity index (χ2n) is 1.70. The van der Waals surface area contributed by atoms with Crippen LogP contribution in [-0.2, 0) is 14.3 Å². The number of ether oxygens (including phenoxy) is 1. The first kappa shape index (κ1) is 10.6. The normalized spacial score (nSPS) is 11.4. The SMILES string of the molecule is [N-]=[N+]=NC(=O)C(CO)OCC=O. The number of carbonyl (C=O) groups is 2. The van der Waals surface area contributed by atoms with E-state index in [2.05, 4.69) is 14.8 Å². The summed E-state index contributed by atoms with van der Waals surface area (Å²) >= 11 is 0. The zero-order chi connectivity index (χ0) is 9.40. The number of rotatable bonds is 5. The Kier molecular flexibility index (Phi) is 5.54. The molecule has 0 heterocycles. The number of azide groups is 1. The summed E-state index contributed by atoms with van der Waals surface area (Å²) in [7, 11) is 0. The van der Waals surface area contributed by atoms with E-state index in [4.69, 9.17) is 10.6 Å². The van der Waals surface area contributed by atoms with Gasteiger partial charge in [-0.2, -0.15) is 0 Å². The third-order valence-electron chi connectivity index (χ3n) is 0.950. The van der Waals surface area contributed by atoms with E-state index in [1.54, 1.807) is 0 Å². The maximum Gasteiger partial charge on any atom is 0.249 e. The van der Waals surface area contributed by atoms with Crippen LogP contribution in [0.5, 0.6) is 0 Å². The van der Waals surface area contributed by atoms with Gasteiger partial charge in [-0.3, -0.25) is 4.79 Å². The molecule has 12 heavy (non-hydrogen) atoms. The van der Waals surface area contributed by atoms with Gasteiger partial charge in [0.05, 0.1) is 6.61 Å². The van der Waals surface area contributed by atoms with Crippen molar-refractivity contribution in [1.29, 1.82) is 0 Å². The van der Waals surface area contributed by atoms with E-state index in [9.17, 15) is 9.59 Å². The van der Waals surface area contributed by atoms with Crippen LogP contribution in [0.3, 0.4) is 0 Å². The molecule has 1 atom stereocenters. The summed E-state index contributed by atoms with van der Waals surface area (Å²) in [6.45, 7) is -0.941. The quantitative estimate of drug-likeness (QED) is 0.259. The molecule has 1 N–H and O–H groups in total. The number of aldehydes is 1. The molecule has 0 spiro atoms. The highest BCUT2D eigenvalue weighted by molar-refractivity contribution is 5.81. The van der Waals surface area contributed by atoms with Crippen molar-refractivity contribution in [3.8, 4) is 0 Å². The molecule has 1 amide bonds. The van der Waals surface area contributed by atoms with Gasteiger partial charge < -0.3 is 14.6 Å². The predicted octanol–water partition coefficient (Wildman–Crippen LogP) is -0.600. The molecule has 0 rings (SSSR count). The molecule has 0 bridgehead atoms. The molecule has 0 aliphatic heterocycles. The Morgan fingerprint density at radius 3 is 2.92 bits per heavy atom. The summed E-state index contributed by atoms with van der Waals surface area (Å²) in [6, 6.07) is 0. The van der Waals surface area contributed by atoms with E-state index < -0.39 is 18.6 Å². The van der Waals surface area contributed by atoms with E-state index in [0.29, 0.717) is 6.29 Å². The van der Waals surface area contributed by atoms with E-state index in [1.165, 1.54) is 0 Å². The zero-order valence-electron chi connectivity index (χ0n) is 6.08. The fourth-order valence-electron chi connectivity index (χ4n) is 0.466. The lowest BCUT2D eigenvalue weighted by Crippen LogP contribution is -2.27. The molecule has 0 aromatic rings. The van der Waals surface area contributed by atoms with Crippen molar-refractivity contribution >= 4 is 12.2 Å². The third-order valence-corrected chi connectivity index (χ3v) is 0.950. The lowest BCUT2D eigenvalue weighted by atomic mass is 10.3. The molecule has 0 saturated carbocycles. The molecule has 7 heteroatoms. The van der Waals surface area contributed by atoms with Crippen LogP contribution in [0.4, 0.5) is 0 Å². The second-order valence-corrected chi connectivity index (χ2v) is 1.70. The summed E-state index contributed by atoms with van der Waals surface area (Å²) in [6.07, 6.45) is -0.822. The summed E-state index contributed by atoms with van der Waals surface area (Å²) in [4.78, 5) is 22.7. The highest BCUT2D eigenvalue weighted by Crippen LogP contribution is 1.93. The van der Waals surface area contributed by atoms with Gasteiger partial charge in [-0.05, 0) is 10.6 Å². The maximum absolute atomic E-state index is 10.7. The number of aliphatic hydroxyl groups excluding tert-OH is 1. The van der Waals surface area contributed by atoms with Gasteiger partial charge >= 0.3 is 0 Å². The molecule has 0 aliphatic carbocycles. The second kappa shape index (κ2) is 6.29. The molecule has 66 valence electrons. The van der Waals surface area contributed by atoms with Crippen molar-refractivity contribution in [3.63, 3.8) is 0 Å². The molecule has 0 aromatic heterocycles. The van der Waals surface area contributed by atoms with Gasteiger partial charge in [0.2, 0.25) is 5.91 Å². The summed E-state index contributed by atoms with van der Waals surface area (Å²) in [5.41, 5.74) is 7.84. The Bertz CT molecular complexity index is 211. The lowest BCUT2D eigenvalue weighted by Gasteiger charge is -2.07. The smallest absolute Gasteiger partial charge is 0.249 e. The van der Waals surface area contributed by atoms with Gasteiger partial charge in [0.1, 0.15) is 19.0 Å². The molecule has 0 saturated heterocycles. The summed E-state index contributed by atoms with van der Waals surface area (Å²) in [5.74, 6) is -0.943. The van der Waals surface area contributed by atoms with Crippen LogP contribution in [0.15, 0.2) is 5.11 Å². The average molecular weight is 173 g/mol. The molecule has 1 unspecified atom stereocenters. The summed E-state index contributed by atoms with van der Waals surface area (Å²) < 4.78 is 4.52. The van der Waals surface area contributed by atoms with Crippen LogP contribution in [0.2, 0.25) is 0 Å². The standard InChI is InChI=1S/C5H7N3O4/c6-8-7-5(11)4(3-10)12-2-1-9/h1,4,10H,2-3H2. The first-order chi connectivity index (χ1) is 5.76. The molecular weight excluding hydrogens is 166 g/mol. The minimum absolute atomic E-state index is 0.322. The Hall–Kier alpha value is -1.43. The molecule has 0 aliphatic rings. The number of aliphatic hydroxyl groups is 1. The Morgan fingerprint density at radius 1 is 1.83 bits per heavy atom. The van der Waals surface area contributed by atoms with Gasteiger partial charge in [-0.1, -0.05) is 0 Å². The lowest BCUT2D eigenvalue weighted by molar-refractivity contribution is -0.133. The van der Waals surface area contributed by atoms with Crippen LogP contribution in [-0.4, -0.2) is 36.6 Å². The van der Waals surface area contributed by atoms with E-state index >= 15 is 0 Å². The monoisotopic (exact) mass is 173 g/mol. The van der Waals surface area contributed by atoms with Crippen molar-refractivity contribution in [2.75, 3.05) is 13.2 Å². The third kappa shape index (κ3) is 3.67. The van der Waals surface area contributed by atoms with Crippen LogP contribution in [0.1, 0.15) is 0 Å². The van der Waals surface area contributed by atoms with Gasteiger partial charge in [-0.25, -0.2) is 0 Å². The van der Waals surface area contributed by atoms with Gasteiger partial charge in [0.15, 0.2) is 0 Å². The Labute approximate surface area is 67.6 Å². The van der Waals surface area contributed by atoms with Crippen LogP contribution in [0, 0.1) is 0 Å². The van der Waals surface area contributed by atoms with Crippen molar-refractivity contribution in [2.24, 2.45) is 5.11 Å². The number of hydrogen-bond donors (Lipinski definition) is 1. The Balaban J connectivity index is 4.03. The Morgan fingerprint density at radius 2 is 2.50 bits per heavy atom. The zero-order valence-corrected chi connectivity index (χ0v) is 6.08. The number of hydrogen-bond acceptors (Lipinski definition) is 4. The molecular formula is C5H7N3O4. The first-order valence-corrected chi connectivity index (χ1v) is 3.01. The van der Waals surface area contributed by atoms with Crippen LogP contribution in [0.25, 0.3) is 10.4 Å². The highest BCUT2D eigenvalue weighted by atomic mass is 16.5. The number of nitrogens with zero attached hydrogens (tertiary/aromatic N) is 3. The minimum Gasteiger partial charge on any atom is -0.393 e. The number of amides is 1. The van der Waals surface area contributed by atoms with E-state index in [-0.39, 0.29) is 6.61 Å². The van der Waals surface area contributed by atoms with Crippen LogP contribution >= 0.6 is 0 Å². The van der Waals surface area contributed by atoms with Gasteiger partial charge in [0.25, 0.3) is 0 Å².